The summed E-state index contributed by atoms with van der Waals surface area (Å²) in [4.78, 5) is 21.6. The number of rotatable bonds is 0. The van der Waals surface area contributed by atoms with Gasteiger partial charge in [0.25, 0.3) is 0 Å². The first kappa shape index (κ1) is 23.9. The Morgan fingerprint density at radius 3 is 0.917 bits per heavy atom. The van der Waals surface area contributed by atoms with E-state index in [1.54, 1.807) is 0 Å². The zero-order chi connectivity index (χ0) is 9.00. The molecule has 0 heterocycles. The second-order valence-electron chi connectivity index (χ2n) is 0.961. The molecule has 5 N–H and O–H groups in total. The Bertz CT molecular complexity index is 195. The molecule has 0 amide bonds. The van der Waals surface area contributed by atoms with Crippen molar-refractivity contribution in [3.63, 3.8) is 0 Å². The Balaban J connectivity index is -0.0000000457. The smallest absolute Gasteiger partial charge is 0.303 e. The summed E-state index contributed by atoms with van der Waals surface area (Å²) >= 11 is 0. The maximum atomic E-state index is 8.88. The molecular weight excluding hydrogens is 469 g/mol. The maximum absolute atomic E-state index is 8.88. The number of hydrogen-bond donors (Lipinski definition) is 5. The molecular formula is H5La2O8PS. The SMILES string of the molecule is O=P(O)(O)O.O=S(=O)(O)O.[La].[La]. The van der Waals surface area contributed by atoms with Crippen LogP contribution in [-0.4, -0.2) is 32.2 Å². The normalized spacial score (nSPS) is 9.75. The Morgan fingerprint density at radius 2 is 0.917 bits per heavy atom. The van der Waals surface area contributed by atoms with Gasteiger partial charge in [-0.3, -0.25) is 9.11 Å². The van der Waals surface area contributed by atoms with Crippen LogP contribution in [0.1, 0.15) is 0 Å². The Kier molecular flexibility index (Phi) is 19.7. The molecule has 0 aliphatic rings. The van der Waals surface area contributed by atoms with Crippen LogP contribution in [0.2, 0.25) is 0 Å². The van der Waals surface area contributed by atoms with Crippen LogP contribution >= 0.6 is 7.82 Å². The first-order chi connectivity index (χ1) is 4.00. The minimum Gasteiger partial charge on any atom is -0.303 e. The minimum absolute atomic E-state index is 0. The van der Waals surface area contributed by atoms with E-state index in [4.69, 9.17) is 36.8 Å². The Morgan fingerprint density at radius 1 is 0.917 bits per heavy atom. The van der Waals surface area contributed by atoms with Crippen LogP contribution in [0.5, 0.6) is 0 Å². The van der Waals surface area contributed by atoms with Crippen molar-refractivity contribution >= 4 is 18.2 Å². The van der Waals surface area contributed by atoms with Gasteiger partial charge in [0, 0.05) is 71.2 Å². The van der Waals surface area contributed by atoms with E-state index < -0.39 is 18.2 Å². The van der Waals surface area contributed by atoms with E-state index in [1.807, 2.05) is 0 Å². The molecule has 70 valence electrons. The molecule has 12 heteroatoms. The van der Waals surface area contributed by atoms with E-state index in [9.17, 15) is 0 Å². The van der Waals surface area contributed by atoms with E-state index in [0.29, 0.717) is 0 Å². The third-order valence-electron chi connectivity index (χ3n) is 0. The van der Waals surface area contributed by atoms with E-state index in [0.717, 1.165) is 0 Å². The van der Waals surface area contributed by atoms with E-state index >= 15 is 0 Å². The van der Waals surface area contributed by atoms with E-state index in [-0.39, 0.29) is 71.2 Å². The van der Waals surface area contributed by atoms with Gasteiger partial charge in [-0.25, -0.2) is 4.57 Å². The molecule has 0 fully saturated rings. The van der Waals surface area contributed by atoms with Gasteiger partial charge in [-0.2, -0.15) is 8.42 Å². The summed E-state index contributed by atoms with van der Waals surface area (Å²) in [5.74, 6) is 0. The van der Waals surface area contributed by atoms with Gasteiger partial charge >= 0.3 is 18.2 Å². The van der Waals surface area contributed by atoms with Crippen LogP contribution in [0.15, 0.2) is 0 Å². The molecule has 2 radical (unpaired) electrons. The minimum atomic E-state index is -4.67. The number of phosphoric acid groups is 1. The molecule has 0 aromatic heterocycles. The average molecular weight is 474 g/mol. The summed E-state index contributed by atoms with van der Waals surface area (Å²) < 4.78 is 40.5. The van der Waals surface area contributed by atoms with Crippen LogP contribution in [0, 0.1) is 71.2 Å². The summed E-state index contributed by atoms with van der Waals surface area (Å²) in [5.41, 5.74) is 0. The van der Waals surface area contributed by atoms with Gasteiger partial charge in [0.15, 0.2) is 0 Å². The summed E-state index contributed by atoms with van der Waals surface area (Å²) in [7, 11) is -9.31. The van der Waals surface area contributed by atoms with Crippen LogP contribution in [0.3, 0.4) is 0 Å². The molecule has 0 atom stereocenters. The number of hydrogen-bond acceptors (Lipinski definition) is 3. The molecule has 0 aliphatic carbocycles. The molecule has 0 aliphatic heterocycles. The van der Waals surface area contributed by atoms with Crippen molar-refractivity contribution in [2.75, 3.05) is 0 Å². The van der Waals surface area contributed by atoms with E-state index in [2.05, 4.69) is 0 Å². The average Bonchev–Trinajstić information content (AvgIpc) is 1.12. The fraction of sp³-hybridized carbons (Fsp3) is 0. The molecule has 0 spiro atoms. The molecule has 8 nitrogen and oxygen atoms in total. The second-order valence-corrected chi connectivity index (χ2v) is 2.88. The van der Waals surface area contributed by atoms with Gasteiger partial charge in [0.2, 0.25) is 0 Å². The molecule has 12 heavy (non-hydrogen) atoms. The summed E-state index contributed by atoms with van der Waals surface area (Å²) in [6, 6.07) is 0. The maximum Gasteiger partial charge on any atom is 0.466 e. The largest absolute Gasteiger partial charge is 0.466 e. The molecule has 0 saturated heterocycles. The van der Waals surface area contributed by atoms with Crippen LogP contribution in [-0.2, 0) is 15.0 Å². The molecule has 0 bridgehead atoms. The molecule has 0 rings (SSSR count). The zero-order valence-electron chi connectivity index (χ0n) is 5.47. The first-order valence-corrected chi connectivity index (χ1v) is 4.44. The second kappa shape index (κ2) is 9.91. The summed E-state index contributed by atoms with van der Waals surface area (Å²) in [6.45, 7) is 0. The van der Waals surface area contributed by atoms with Crippen molar-refractivity contribution in [1.82, 2.24) is 0 Å². The van der Waals surface area contributed by atoms with Gasteiger partial charge in [0.05, 0.1) is 0 Å². The molecule has 0 saturated carbocycles. The standard InChI is InChI=1S/2La.H3O4P.H2O4S/c;;2*1-5(2,3)4/h;;(H3,1,2,3,4);(H2,1,2,3,4). The topological polar surface area (TPSA) is 152 Å². The quantitative estimate of drug-likeness (QED) is 0.209. The van der Waals surface area contributed by atoms with Crippen LogP contribution in [0.25, 0.3) is 0 Å². The third kappa shape index (κ3) is 285. The predicted octanol–water partition coefficient (Wildman–Crippen LogP) is -1.58. The van der Waals surface area contributed by atoms with Gasteiger partial charge in [-0.1, -0.05) is 0 Å². The Hall–Kier alpha value is 2.37. The van der Waals surface area contributed by atoms with Crippen molar-refractivity contribution in [3.8, 4) is 0 Å². The van der Waals surface area contributed by atoms with Crippen molar-refractivity contribution in [3.05, 3.63) is 0 Å². The first-order valence-electron chi connectivity index (χ1n) is 1.48. The third-order valence-corrected chi connectivity index (χ3v) is 0. The fourth-order valence-electron chi connectivity index (χ4n) is 0. The van der Waals surface area contributed by atoms with Crippen molar-refractivity contribution in [2.45, 2.75) is 0 Å². The Labute approximate surface area is 124 Å². The zero-order valence-corrected chi connectivity index (χ0v) is 14.4. The summed E-state index contributed by atoms with van der Waals surface area (Å²) in [5, 5.41) is 0. The van der Waals surface area contributed by atoms with Gasteiger partial charge < -0.3 is 14.7 Å². The van der Waals surface area contributed by atoms with Crippen molar-refractivity contribution < 1.29 is 108 Å². The molecule has 0 unspecified atom stereocenters. The van der Waals surface area contributed by atoms with Gasteiger partial charge in [-0.15, -0.1) is 0 Å². The van der Waals surface area contributed by atoms with Crippen molar-refractivity contribution in [2.24, 2.45) is 0 Å². The fourth-order valence-corrected chi connectivity index (χ4v) is 0. The van der Waals surface area contributed by atoms with E-state index in [1.165, 1.54) is 0 Å². The van der Waals surface area contributed by atoms with Crippen LogP contribution < -0.4 is 0 Å². The van der Waals surface area contributed by atoms with Crippen LogP contribution in [0.4, 0.5) is 0 Å². The van der Waals surface area contributed by atoms with Gasteiger partial charge in [-0.05, 0) is 0 Å². The molecule has 0 aromatic rings. The van der Waals surface area contributed by atoms with Gasteiger partial charge in [0.1, 0.15) is 0 Å². The predicted molar refractivity (Wildman–Crippen MR) is 28.4 cm³/mol. The monoisotopic (exact) mass is 474 g/mol. The molecule has 0 aromatic carbocycles. The van der Waals surface area contributed by atoms with Crippen molar-refractivity contribution in [1.29, 1.82) is 0 Å². The summed E-state index contributed by atoms with van der Waals surface area (Å²) in [6.07, 6.45) is 0.